The topological polar surface area (TPSA) is 74.2 Å². The van der Waals surface area contributed by atoms with E-state index >= 15 is 0 Å². The van der Waals surface area contributed by atoms with E-state index in [1.807, 2.05) is 36.4 Å². The molecule has 1 amide bonds. The molecular formula is C21H21N3O2. The lowest BCUT2D eigenvalue weighted by Gasteiger charge is -2.15. The van der Waals surface area contributed by atoms with Crippen LogP contribution in [0.2, 0.25) is 0 Å². The Hall–Kier alpha value is -3.18. The number of aromatic nitrogens is 1. The number of benzene rings is 2. The van der Waals surface area contributed by atoms with Gasteiger partial charge >= 0.3 is 0 Å². The SMILES string of the molecule is C[C@H](NCc1ccc(NC(=O)c2cccnc2)cc1)c1cccc(O)c1. The standard InChI is InChI=1S/C21H21N3O2/c1-15(17-4-2-6-20(25)12-17)23-13-16-7-9-19(10-8-16)24-21(26)18-5-3-11-22-14-18/h2-12,14-15,23,25H,13H2,1H3,(H,24,26)/t15-/m0/s1. The van der Waals surface area contributed by atoms with Crippen molar-refractivity contribution in [3.05, 3.63) is 89.7 Å². The van der Waals surface area contributed by atoms with Gasteiger partial charge in [0.15, 0.2) is 0 Å². The number of hydrogen-bond donors (Lipinski definition) is 3. The number of nitrogens with one attached hydrogen (secondary N) is 2. The Morgan fingerprint density at radius 1 is 1.12 bits per heavy atom. The van der Waals surface area contributed by atoms with Crippen LogP contribution in [0.4, 0.5) is 5.69 Å². The molecule has 5 nitrogen and oxygen atoms in total. The lowest BCUT2D eigenvalue weighted by atomic mass is 10.1. The quantitative estimate of drug-likeness (QED) is 0.632. The fourth-order valence-corrected chi connectivity index (χ4v) is 2.59. The van der Waals surface area contributed by atoms with Gasteiger partial charge in [-0.05, 0) is 54.4 Å². The highest BCUT2D eigenvalue weighted by molar-refractivity contribution is 6.03. The first-order valence-electron chi connectivity index (χ1n) is 8.44. The number of amides is 1. The van der Waals surface area contributed by atoms with Crippen LogP contribution in [0.3, 0.4) is 0 Å². The Bertz CT molecular complexity index is 864. The van der Waals surface area contributed by atoms with Crippen molar-refractivity contribution >= 4 is 11.6 Å². The maximum atomic E-state index is 12.1. The molecule has 0 aliphatic heterocycles. The molecule has 3 rings (SSSR count). The minimum atomic E-state index is -0.179. The third-order valence-corrected chi connectivity index (χ3v) is 4.12. The molecule has 1 aromatic heterocycles. The van der Waals surface area contributed by atoms with Gasteiger partial charge in [-0.1, -0.05) is 24.3 Å². The number of hydrogen-bond acceptors (Lipinski definition) is 4. The number of phenolic OH excluding ortho intramolecular Hbond substituents is 1. The van der Waals surface area contributed by atoms with Crippen molar-refractivity contribution in [3.63, 3.8) is 0 Å². The fourth-order valence-electron chi connectivity index (χ4n) is 2.59. The Kier molecular flexibility index (Phi) is 5.61. The maximum absolute atomic E-state index is 12.1. The van der Waals surface area contributed by atoms with E-state index in [-0.39, 0.29) is 17.7 Å². The van der Waals surface area contributed by atoms with Gasteiger partial charge in [-0.2, -0.15) is 0 Å². The first-order valence-corrected chi connectivity index (χ1v) is 8.44. The summed E-state index contributed by atoms with van der Waals surface area (Å²) in [5.41, 5.74) is 3.41. The maximum Gasteiger partial charge on any atom is 0.257 e. The predicted octanol–water partition coefficient (Wildman–Crippen LogP) is 3.89. The van der Waals surface area contributed by atoms with Crippen LogP contribution in [0.5, 0.6) is 5.75 Å². The molecule has 0 radical (unpaired) electrons. The average Bonchev–Trinajstić information content (AvgIpc) is 2.68. The van der Waals surface area contributed by atoms with Crippen molar-refractivity contribution < 1.29 is 9.90 Å². The van der Waals surface area contributed by atoms with Crippen LogP contribution in [0.15, 0.2) is 73.1 Å². The van der Waals surface area contributed by atoms with Crippen molar-refractivity contribution in [2.45, 2.75) is 19.5 Å². The van der Waals surface area contributed by atoms with Gasteiger partial charge in [0.2, 0.25) is 0 Å². The normalized spacial score (nSPS) is 11.7. The van der Waals surface area contributed by atoms with E-state index in [9.17, 15) is 9.90 Å². The largest absolute Gasteiger partial charge is 0.508 e. The molecule has 5 heteroatoms. The molecule has 3 aromatic rings. The van der Waals surface area contributed by atoms with Crippen LogP contribution >= 0.6 is 0 Å². The Morgan fingerprint density at radius 2 is 1.92 bits per heavy atom. The van der Waals surface area contributed by atoms with Crippen LogP contribution in [-0.2, 0) is 6.54 Å². The van der Waals surface area contributed by atoms with E-state index in [1.165, 1.54) is 6.20 Å². The zero-order valence-electron chi connectivity index (χ0n) is 14.5. The van der Waals surface area contributed by atoms with Crippen LogP contribution in [0.1, 0.15) is 34.5 Å². The number of anilines is 1. The van der Waals surface area contributed by atoms with Crippen LogP contribution in [0, 0.1) is 0 Å². The second-order valence-electron chi connectivity index (χ2n) is 6.09. The summed E-state index contributed by atoms with van der Waals surface area (Å²) in [6.07, 6.45) is 3.17. The van der Waals surface area contributed by atoms with Gasteiger partial charge in [-0.25, -0.2) is 0 Å². The summed E-state index contributed by atoms with van der Waals surface area (Å²) in [7, 11) is 0. The molecule has 1 atom stereocenters. The second kappa shape index (κ2) is 8.27. The molecule has 3 N–H and O–H groups in total. The van der Waals surface area contributed by atoms with Crippen molar-refractivity contribution in [1.29, 1.82) is 0 Å². The molecule has 0 aliphatic carbocycles. The summed E-state index contributed by atoms with van der Waals surface area (Å²) in [5.74, 6) is 0.0892. The van der Waals surface area contributed by atoms with Crippen molar-refractivity contribution in [3.8, 4) is 5.75 Å². The van der Waals surface area contributed by atoms with E-state index in [2.05, 4.69) is 22.5 Å². The second-order valence-corrected chi connectivity index (χ2v) is 6.09. The first kappa shape index (κ1) is 17.6. The monoisotopic (exact) mass is 347 g/mol. The summed E-state index contributed by atoms with van der Waals surface area (Å²) in [6.45, 7) is 2.74. The van der Waals surface area contributed by atoms with Gasteiger partial charge in [-0.15, -0.1) is 0 Å². The van der Waals surface area contributed by atoms with Crippen LogP contribution in [0.25, 0.3) is 0 Å². The zero-order chi connectivity index (χ0) is 18.4. The van der Waals surface area contributed by atoms with E-state index in [1.54, 1.807) is 30.5 Å². The molecule has 26 heavy (non-hydrogen) atoms. The number of nitrogens with zero attached hydrogens (tertiary/aromatic N) is 1. The number of carbonyl (C=O) groups excluding carboxylic acids is 1. The van der Waals surface area contributed by atoms with E-state index in [0.29, 0.717) is 12.1 Å². The van der Waals surface area contributed by atoms with E-state index in [4.69, 9.17) is 0 Å². The highest BCUT2D eigenvalue weighted by Crippen LogP contribution is 2.18. The van der Waals surface area contributed by atoms with Crippen molar-refractivity contribution in [2.24, 2.45) is 0 Å². The summed E-state index contributed by atoms with van der Waals surface area (Å²) in [5, 5.41) is 15.8. The van der Waals surface area contributed by atoms with Gasteiger partial charge in [0.1, 0.15) is 5.75 Å². The Morgan fingerprint density at radius 3 is 2.62 bits per heavy atom. The first-order chi connectivity index (χ1) is 12.6. The number of pyridine rings is 1. The Balaban J connectivity index is 1.55. The highest BCUT2D eigenvalue weighted by Gasteiger charge is 2.07. The summed E-state index contributed by atoms with van der Waals surface area (Å²) >= 11 is 0. The molecule has 0 saturated carbocycles. The summed E-state index contributed by atoms with van der Waals surface area (Å²) < 4.78 is 0. The minimum absolute atomic E-state index is 0.118. The molecule has 132 valence electrons. The molecular weight excluding hydrogens is 326 g/mol. The molecule has 0 aliphatic rings. The lowest BCUT2D eigenvalue weighted by molar-refractivity contribution is 0.102. The van der Waals surface area contributed by atoms with E-state index in [0.717, 1.165) is 16.8 Å². The molecule has 0 saturated heterocycles. The average molecular weight is 347 g/mol. The van der Waals surface area contributed by atoms with Crippen LogP contribution in [-0.4, -0.2) is 16.0 Å². The molecule has 0 fully saturated rings. The number of carbonyl (C=O) groups is 1. The van der Waals surface area contributed by atoms with Gasteiger partial charge in [0.05, 0.1) is 5.56 Å². The number of aromatic hydroxyl groups is 1. The number of phenols is 1. The lowest BCUT2D eigenvalue weighted by Crippen LogP contribution is -2.18. The highest BCUT2D eigenvalue weighted by atomic mass is 16.3. The summed E-state index contributed by atoms with van der Waals surface area (Å²) in [4.78, 5) is 16.1. The van der Waals surface area contributed by atoms with E-state index < -0.39 is 0 Å². The van der Waals surface area contributed by atoms with Crippen molar-refractivity contribution in [2.75, 3.05) is 5.32 Å². The Labute approximate surface area is 152 Å². The third-order valence-electron chi connectivity index (χ3n) is 4.12. The van der Waals surface area contributed by atoms with Crippen molar-refractivity contribution in [1.82, 2.24) is 10.3 Å². The molecule has 1 heterocycles. The molecule has 2 aromatic carbocycles. The fraction of sp³-hybridized carbons (Fsp3) is 0.143. The smallest absolute Gasteiger partial charge is 0.257 e. The molecule has 0 bridgehead atoms. The van der Waals surface area contributed by atoms with Gasteiger partial charge < -0.3 is 15.7 Å². The van der Waals surface area contributed by atoms with Crippen LogP contribution < -0.4 is 10.6 Å². The molecule has 0 unspecified atom stereocenters. The molecule has 0 spiro atoms. The third kappa shape index (κ3) is 4.68. The minimum Gasteiger partial charge on any atom is -0.508 e. The summed E-state index contributed by atoms with van der Waals surface area (Å²) in [6, 6.07) is 18.5. The van der Waals surface area contributed by atoms with Gasteiger partial charge in [-0.3, -0.25) is 9.78 Å². The van der Waals surface area contributed by atoms with Gasteiger partial charge in [0.25, 0.3) is 5.91 Å². The number of rotatable bonds is 6. The zero-order valence-corrected chi connectivity index (χ0v) is 14.5. The predicted molar refractivity (Wildman–Crippen MR) is 102 cm³/mol. The van der Waals surface area contributed by atoms with Gasteiger partial charge in [0, 0.05) is 30.7 Å².